The molecule has 24 heavy (non-hydrogen) atoms. The van der Waals surface area contributed by atoms with Gasteiger partial charge in [-0.3, -0.25) is 4.84 Å². The van der Waals surface area contributed by atoms with Crippen molar-refractivity contribution in [1.29, 1.82) is 0 Å². The standard InChI is InChI=1S/C21H42N2O/c1-5-7-9-10-11-12-13-14-15-16-17-19-22-24-21(18-8-6-2)20-23(3)4/h7,9,11-12,21-22H,5-6,8,10,13-20H2,1-4H3/b9-7+,12-11+. The highest BCUT2D eigenvalue weighted by Crippen LogP contribution is 2.06. The van der Waals surface area contributed by atoms with Crippen molar-refractivity contribution in [2.45, 2.75) is 84.2 Å². The zero-order valence-corrected chi connectivity index (χ0v) is 16.7. The van der Waals surface area contributed by atoms with Crippen molar-refractivity contribution >= 4 is 0 Å². The first-order valence-corrected chi connectivity index (χ1v) is 10.0. The highest BCUT2D eigenvalue weighted by Gasteiger charge is 2.09. The molecule has 0 aromatic carbocycles. The van der Waals surface area contributed by atoms with Gasteiger partial charge in [0.25, 0.3) is 0 Å². The third-order valence-corrected chi connectivity index (χ3v) is 3.94. The second kappa shape index (κ2) is 18.7. The van der Waals surface area contributed by atoms with E-state index in [1.54, 1.807) is 0 Å². The van der Waals surface area contributed by atoms with Gasteiger partial charge in [-0.1, -0.05) is 63.8 Å². The van der Waals surface area contributed by atoms with Gasteiger partial charge in [-0.2, -0.15) is 0 Å². The van der Waals surface area contributed by atoms with E-state index >= 15 is 0 Å². The molecule has 3 heteroatoms. The maximum atomic E-state index is 5.84. The SMILES string of the molecule is CC/C=C/C/C=C/CCCCCCNOC(CCCC)CN(C)C. The summed E-state index contributed by atoms with van der Waals surface area (Å²) < 4.78 is 0. The summed E-state index contributed by atoms with van der Waals surface area (Å²) in [5.74, 6) is 0. The van der Waals surface area contributed by atoms with E-state index in [9.17, 15) is 0 Å². The number of likely N-dealkylation sites (N-methyl/N-ethyl adjacent to an activating group) is 1. The quantitative estimate of drug-likeness (QED) is 0.215. The lowest BCUT2D eigenvalue weighted by molar-refractivity contribution is -0.0403. The van der Waals surface area contributed by atoms with Gasteiger partial charge in [0, 0.05) is 13.1 Å². The molecule has 0 aliphatic carbocycles. The fourth-order valence-corrected chi connectivity index (χ4v) is 2.57. The van der Waals surface area contributed by atoms with Crippen LogP contribution in [-0.2, 0) is 4.84 Å². The Morgan fingerprint density at radius 3 is 2.38 bits per heavy atom. The molecule has 0 aromatic rings. The largest absolute Gasteiger partial charge is 0.307 e. The Bertz CT molecular complexity index is 300. The second-order valence-corrected chi connectivity index (χ2v) is 6.83. The zero-order valence-electron chi connectivity index (χ0n) is 16.7. The topological polar surface area (TPSA) is 24.5 Å². The van der Waals surface area contributed by atoms with Crippen molar-refractivity contribution in [3.05, 3.63) is 24.3 Å². The van der Waals surface area contributed by atoms with E-state index in [0.29, 0.717) is 6.10 Å². The molecule has 0 spiro atoms. The molecular formula is C21H42N2O. The van der Waals surface area contributed by atoms with Crippen LogP contribution in [0.5, 0.6) is 0 Å². The average Bonchev–Trinajstić information content (AvgIpc) is 2.56. The number of hydroxylamine groups is 1. The molecule has 0 heterocycles. The van der Waals surface area contributed by atoms with Gasteiger partial charge in [0.2, 0.25) is 0 Å². The van der Waals surface area contributed by atoms with Crippen molar-refractivity contribution < 1.29 is 4.84 Å². The molecule has 1 atom stereocenters. The van der Waals surface area contributed by atoms with Gasteiger partial charge in [0.05, 0.1) is 6.10 Å². The first-order valence-electron chi connectivity index (χ1n) is 10.0. The van der Waals surface area contributed by atoms with Crippen LogP contribution in [0.4, 0.5) is 0 Å². The number of rotatable bonds is 17. The van der Waals surface area contributed by atoms with Crippen LogP contribution in [0, 0.1) is 0 Å². The summed E-state index contributed by atoms with van der Waals surface area (Å²) in [7, 11) is 4.22. The highest BCUT2D eigenvalue weighted by molar-refractivity contribution is 4.92. The lowest BCUT2D eigenvalue weighted by Crippen LogP contribution is -2.33. The third kappa shape index (κ3) is 17.7. The zero-order chi connectivity index (χ0) is 17.9. The molecule has 0 saturated heterocycles. The van der Waals surface area contributed by atoms with Crippen molar-refractivity contribution in [3.63, 3.8) is 0 Å². The molecular weight excluding hydrogens is 296 g/mol. The van der Waals surface area contributed by atoms with E-state index in [2.05, 4.69) is 62.6 Å². The summed E-state index contributed by atoms with van der Waals surface area (Å²) in [6.45, 7) is 6.37. The maximum Gasteiger partial charge on any atom is 0.0916 e. The van der Waals surface area contributed by atoms with Crippen LogP contribution < -0.4 is 5.48 Å². The predicted octanol–water partition coefficient (Wildman–Crippen LogP) is 5.49. The number of hydrogen-bond acceptors (Lipinski definition) is 3. The molecule has 142 valence electrons. The van der Waals surface area contributed by atoms with Gasteiger partial charge in [-0.25, -0.2) is 5.48 Å². The fraction of sp³-hybridized carbons (Fsp3) is 0.810. The van der Waals surface area contributed by atoms with Crippen LogP contribution in [0.1, 0.15) is 78.1 Å². The summed E-state index contributed by atoms with van der Waals surface area (Å²) in [4.78, 5) is 8.04. The van der Waals surface area contributed by atoms with E-state index in [1.165, 1.54) is 44.9 Å². The Morgan fingerprint density at radius 2 is 1.67 bits per heavy atom. The van der Waals surface area contributed by atoms with Crippen LogP contribution in [0.2, 0.25) is 0 Å². The Hall–Kier alpha value is -0.640. The minimum absolute atomic E-state index is 0.312. The van der Waals surface area contributed by atoms with Gasteiger partial charge >= 0.3 is 0 Å². The Morgan fingerprint density at radius 1 is 0.917 bits per heavy atom. The Labute approximate surface area is 151 Å². The predicted molar refractivity (Wildman–Crippen MR) is 107 cm³/mol. The first kappa shape index (κ1) is 23.4. The molecule has 1 unspecified atom stereocenters. The average molecular weight is 339 g/mol. The highest BCUT2D eigenvalue weighted by atomic mass is 16.7. The molecule has 0 saturated carbocycles. The molecule has 0 aromatic heterocycles. The summed E-state index contributed by atoms with van der Waals surface area (Å²) in [6, 6.07) is 0. The van der Waals surface area contributed by atoms with Gasteiger partial charge < -0.3 is 4.90 Å². The molecule has 0 aliphatic rings. The van der Waals surface area contributed by atoms with Gasteiger partial charge in [-0.15, -0.1) is 0 Å². The smallest absolute Gasteiger partial charge is 0.0916 e. The van der Waals surface area contributed by atoms with Crippen LogP contribution in [0.3, 0.4) is 0 Å². The van der Waals surface area contributed by atoms with Crippen LogP contribution in [0.15, 0.2) is 24.3 Å². The molecule has 3 nitrogen and oxygen atoms in total. The first-order chi connectivity index (χ1) is 11.7. The molecule has 0 fully saturated rings. The van der Waals surface area contributed by atoms with Crippen molar-refractivity contribution in [2.75, 3.05) is 27.2 Å². The summed E-state index contributed by atoms with van der Waals surface area (Å²) >= 11 is 0. The molecule has 0 bridgehead atoms. The molecule has 0 aliphatic heterocycles. The fourth-order valence-electron chi connectivity index (χ4n) is 2.57. The lowest BCUT2D eigenvalue weighted by atomic mass is 10.1. The van der Waals surface area contributed by atoms with E-state index in [4.69, 9.17) is 4.84 Å². The van der Waals surface area contributed by atoms with Gasteiger partial charge in [0.1, 0.15) is 0 Å². The van der Waals surface area contributed by atoms with Crippen LogP contribution in [-0.4, -0.2) is 38.2 Å². The van der Waals surface area contributed by atoms with E-state index in [-0.39, 0.29) is 0 Å². The second-order valence-electron chi connectivity index (χ2n) is 6.83. The van der Waals surface area contributed by atoms with Crippen LogP contribution in [0.25, 0.3) is 0 Å². The Kier molecular flexibility index (Phi) is 18.2. The van der Waals surface area contributed by atoms with Gasteiger partial charge in [0.15, 0.2) is 0 Å². The van der Waals surface area contributed by atoms with Crippen LogP contribution >= 0.6 is 0 Å². The number of nitrogens with one attached hydrogen (secondary N) is 1. The summed E-state index contributed by atoms with van der Waals surface area (Å²) in [5, 5.41) is 0. The number of unbranched alkanes of at least 4 members (excludes halogenated alkanes) is 5. The molecule has 1 N–H and O–H groups in total. The van der Waals surface area contributed by atoms with Gasteiger partial charge in [-0.05, 0) is 52.6 Å². The number of nitrogens with zero attached hydrogens (tertiary/aromatic N) is 1. The molecule has 0 radical (unpaired) electrons. The van der Waals surface area contributed by atoms with E-state index in [1.807, 2.05) is 0 Å². The van der Waals surface area contributed by atoms with Crippen molar-refractivity contribution in [3.8, 4) is 0 Å². The summed E-state index contributed by atoms with van der Waals surface area (Å²) in [6.07, 6.45) is 21.5. The summed E-state index contributed by atoms with van der Waals surface area (Å²) in [5.41, 5.74) is 3.18. The minimum Gasteiger partial charge on any atom is -0.307 e. The normalized spacial score (nSPS) is 13.5. The molecule has 0 rings (SSSR count). The Balaban J connectivity index is 3.45. The van der Waals surface area contributed by atoms with Crippen molar-refractivity contribution in [1.82, 2.24) is 10.4 Å². The third-order valence-electron chi connectivity index (χ3n) is 3.94. The lowest BCUT2D eigenvalue weighted by Gasteiger charge is -2.21. The molecule has 0 amide bonds. The monoisotopic (exact) mass is 338 g/mol. The maximum absolute atomic E-state index is 5.84. The van der Waals surface area contributed by atoms with E-state index in [0.717, 1.165) is 32.4 Å². The van der Waals surface area contributed by atoms with Crippen molar-refractivity contribution in [2.24, 2.45) is 0 Å². The minimum atomic E-state index is 0.312. The number of hydrogen-bond donors (Lipinski definition) is 1. The van der Waals surface area contributed by atoms with E-state index < -0.39 is 0 Å². The number of allylic oxidation sites excluding steroid dienone is 4.